The molecule has 26 heavy (non-hydrogen) atoms. The predicted molar refractivity (Wildman–Crippen MR) is 94.4 cm³/mol. The largest absolute Gasteiger partial charge is 0.451 e. The number of carbonyl (C=O) groups excluding carboxylic acids is 1. The molecule has 0 saturated heterocycles. The van der Waals surface area contributed by atoms with Gasteiger partial charge in [0.2, 0.25) is 0 Å². The number of halogens is 1. The molecule has 134 valence electrons. The Hall–Kier alpha value is -3.69. The quantitative estimate of drug-likeness (QED) is 0.600. The van der Waals surface area contributed by atoms with Crippen molar-refractivity contribution in [3.8, 4) is 0 Å². The van der Waals surface area contributed by atoms with Crippen molar-refractivity contribution in [3.63, 3.8) is 0 Å². The van der Waals surface area contributed by atoms with Crippen molar-refractivity contribution in [3.05, 3.63) is 48.4 Å². The van der Waals surface area contributed by atoms with E-state index in [1.165, 1.54) is 18.3 Å². The highest BCUT2D eigenvalue weighted by Gasteiger charge is 2.15. The van der Waals surface area contributed by atoms with E-state index in [2.05, 4.69) is 35.5 Å². The van der Waals surface area contributed by atoms with Crippen molar-refractivity contribution in [1.82, 2.24) is 20.2 Å². The molecule has 0 spiro atoms. The van der Waals surface area contributed by atoms with E-state index < -0.39 is 6.09 Å². The molecule has 0 unspecified atom stereocenters. The molecule has 0 atom stereocenters. The molecule has 2 heterocycles. The van der Waals surface area contributed by atoms with Crippen molar-refractivity contribution >= 4 is 34.9 Å². The van der Waals surface area contributed by atoms with Crippen LogP contribution >= 0.6 is 0 Å². The molecule has 0 radical (unpaired) electrons. The van der Waals surface area contributed by atoms with Gasteiger partial charge in [0.15, 0.2) is 17.5 Å². The second kappa shape index (κ2) is 7.47. The van der Waals surface area contributed by atoms with Crippen molar-refractivity contribution < 1.29 is 14.0 Å². The first-order valence-corrected chi connectivity index (χ1v) is 7.57. The van der Waals surface area contributed by atoms with Gasteiger partial charge < -0.3 is 15.4 Å². The van der Waals surface area contributed by atoms with E-state index in [0.29, 0.717) is 23.1 Å². The fourth-order valence-electron chi connectivity index (χ4n) is 2.14. The molecule has 10 heteroatoms. The van der Waals surface area contributed by atoms with Gasteiger partial charge in [-0.1, -0.05) is 10.5 Å². The first-order valence-electron chi connectivity index (χ1n) is 7.57. The molecule has 1 aromatic carbocycles. The standard InChI is InChI=1S/C16H16FN7O2/c1-10-6-13(23-22-10)20-15-9-18-8-14(21-15)19-11-4-3-5-12(7-11)24(17)16(25)26-2/h3-9H,1-2H3,(H3,19,20,21,22,23). The molecule has 0 bridgehead atoms. The van der Waals surface area contributed by atoms with Crippen molar-refractivity contribution in [2.45, 2.75) is 6.92 Å². The highest BCUT2D eigenvalue weighted by Crippen LogP contribution is 2.23. The molecule has 2 aromatic heterocycles. The number of aromatic amines is 1. The van der Waals surface area contributed by atoms with Crippen LogP contribution in [0.3, 0.4) is 0 Å². The van der Waals surface area contributed by atoms with Gasteiger partial charge in [-0.15, -0.1) is 5.12 Å². The monoisotopic (exact) mass is 357 g/mol. The molecule has 9 nitrogen and oxygen atoms in total. The normalized spacial score (nSPS) is 10.3. The first-order chi connectivity index (χ1) is 12.5. The van der Waals surface area contributed by atoms with Gasteiger partial charge in [-0.05, 0) is 25.1 Å². The number of nitrogens with one attached hydrogen (secondary N) is 3. The molecule has 1 amide bonds. The van der Waals surface area contributed by atoms with E-state index in [1.54, 1.807) is 18.3 Å². The van der Waals surface area contributed by atoms with Gasteiger partial charge >= 0.3 is 6.09 Å². The number of methoxy groups -OCH3 is 1. The Morgan fingerprint density at radius 1 is 1.19 bits per heavy atom. The SMILES string of the molecule is COC(=O)N(F)c1cccc(Nc2cncc(Nc3cc(C)[nH]n3)n2)c1. The Labute approximate surface area is 148 Å². The number of rotatable bonds is 5. The third kappa shape index (κ3) is 4.04. The van der Waals surface area contributed by atoms with Crippen LogP contribution in [0.25, 0.3) is 0 Å². The van der Waals surface area contributed by atoms with E-state index in [0.717, 1.165) is 12.8 Å². The van der Waals surface area contributed by atoms with Crippen molar-refractivity contribution in [2.24, 2.45) is 0 Å². The summed E-state index contributed by atoms with van der Waals surface area (Å²) in [7, 11) is 1.10. The predicted octanol–water partition coefficient (Wildman–Crippen LogP) is 3.45. The van der Waals surface area contributed by atoms with Gasteiger partial charge in [-0.3, -0.25) is 10.1 Å². The molecule has 0 saturated carbocycles. The summed E-state index contributed by atoms with van der Waals surface area (Å²) < 4.78 is 18.2. The van der Waals surface area contributed by atoms with E-state index in [4.69, 9.17) is 0 Å². The summed E-state index contributed by atoms with van der Waals surface area (Å²) in [4.78, 5) is 19.7. The zero-order chi connectivity index (χ0) is 18.5. The first kappa shape index (κ1) is 17.1. The molecule has 3 rings (SSSR count). The number of aryl methyl sites for hydroxylation is 1. The molecule has 3 aromatic rings. The number of anilines is 5. The zero-order valence-electron chi connectivity index (χ0n) is 14.0. The van der Waals surface area contributed by atoms with Gasteiger partial charge in [0.1, 0.15) is 0 Å². The number of carbonyl (C=O) groups is 1. The van der Waals surface area contributed by atoms with Crippen LogP contribution in [-0.4, -0.2) is 33.4 Å². The Balaban J connectivity index is 1.75. The third-order valence-corrected chi connectivity index (χ3v) is 3.28. The van der Waals surface area contributed by atoms with Gasteiger partial charge in [-0.2, -0.15) is 5.10 Å². The number of hydrogen-bond acceptors (Lipinski definition) is 7. The van der Waals surface area contributed by atoms with Crippen molar-refractivity contribution in [1.29, 1.82) is 0 Å². The number of benzene rings is 1. The minimum absolute atomic E-state index is 0.0242. The lowest BCUT2D eigenvalue weighted by Crippen LogP contribution is -2.21. The highest BCUT2D eigenvalue weighted by molar-refractivity contribution is 5.86. The number of H-pyrrole nitrogens is 1. The number of hydrogen-bond donors (Lipinski definition) is 3. The summed E-state index contributed by atoms with van der Waals surface area (Å²) in [6.45, 7) is 1.89. The lowest BCUT2D eigenvalue weighted by Gasteiger charge is -2.12. The number of nitrogens with zero attached hydrogens (tertiary/aromatic N) is 4. The third-order valence-electron chi connectivity index (χ3n) is 3.28. The van der Waals surface area contributed by atoms with E-state index in [9.17, 15) is 9.28 Å². The maximum atomic E-state index is 13.8. The summed E-state index contributed by atoms with van der Waals surface area (Å²) in [5, 5.41) is 12.8. The number of aromatic nitrogens is 4. The Bertz CT molecular complexity index is 915. The molecular formula is C16H16FN7O2. The maximum absolute atomic E-state index is 13.8. The molecule has 0 aliphatic heterocycles. The van der Waals surface area contributed by atoms with E-state index in [-0.39, 0.29) is 10.8 Å². The van der Waals surface area contributed by atoms with Crippen LogP contribution in [0.15, 0.2) is 42.7 Å². The van der Waals surface area contributed by atoms with Crippen LogP contribution in [-0.2, 0) is 4.74 Å². The van der Waals surface area contributed by atoms with E-state index >= 15 is 0 Å². The minimum atomic E-state index is -1.11. The van der Waals surface area contributed by atoms with Gasteiger partial charge in [0, 0.05) is 17.4 Å². The number of ether oxygens (including phenoxy) is 1. The smallest absolute Gasteiger partial charge is 0.442 e. The summed E-state index contributed by atoms with van der Waals surface area (Å²) >= 11 is 0. The van der Waals surface area contributed by atoms with Crippen LogP contribution in [0.1, 0.15) is 5.69 Å². The molecule has 0 fully saturated rings. The fourth-order valence-corrected chi connectivity index (χ4v) is 2.14. The van der Waals surface area contributed by atoms with E-state index in [1.807, 2.05) is 13.0 Å². The van der Waals surface area contributed by atoms with Crippen LogP contribution in [0.2, 0.25) is 0 Å². The highest BCUT2D eigenvalue weighted by atomic mass is 19.2. The summed E-state index contributed by atoms with van der Waals surface area (Å²) in [5.74, 6) is 1.53. The van der Waals surface area contributed by atoms with Crippen LogP contribution in [0.5, 0.6) is 0 Å². The minimum Gasteiger partial charge on any atom is -0.451 e. The summed E-state index contributed by atoms with van der Waals surface area (Å²) in [6, 6.07) is 8.00. The Morgan fingerprint density at radius 2 is 1.96 bits per heavy atom. The topological polar surface area (TPSA) is 108 Å². The molecule has 3 N–H and O–H groups in total. The maximum Gasteiger partial charge on any atom is 0.442 e. The van der Waals surface area contributed by atoms with Crippen molar-refractivity contribution in [2.75, 3.05) is 22.9 Å². The van der Waals surface area contributed by atoms with Gasteiger partial charge in [0.05, 0.1) is 25.2 Å². The molecular weight excluding hydrogens is 341 g/mol. The lowest BCUT2D eigenvalue weighted by molar-refractivity contribution is 0.164. The second-order valence-corrected chi connectivity index (χ2v) is 5.28. The lowest BCUT2D eigenvalue weighted by atomic mass is 10.2. The van der Waals surface area contributed by atoms with Crippen LogP contribution in [0, 0.1) is 6.92 Å². The Morgan fingerprint density at radius 3 is 2.65 bits per heavy atom. The van der Waals surface area contributed by atoms with Gasteiger partial charge in [-0.25, -0.2) is 9.78 Å². The van der Waals surface area contributed by atoms with Crippen LogP contribution < -0.4 is 15.8 Å². The summed E-state index contributed by atoms with van der Waals surface area (Å²) in [5.41, 5.74) is 1.46. The Kier molecular flexibility index (Phi) is 4.92. The summed E-state index contributed by atoms with van der Waals surface area (Å²) in [6.07, 6.45) is 1.95. The van der Waals surface area contributed by atoms with Crippen LogP contribution in [0.4, 0.5) is 38.1 Å². The molecule has 0 aliphatic rings. The average molecular weight is 357 g/mol. The molecule has 0 aliphatic carbocycles. The van der Waals surface area contributed by atoms with Gasteiger partial charge in [0.25, 0.3) is 0 Å². The second-order valence-electron chi connectivity index (χ2n) is 5.28. The fraction of sp³-hybridized carbons (Fsp3) is 0.125. The zero-order valence-corrected chi connectivity index (χ0v) is 14.0. The average Bonchev–Trinajstić information content (AvgIpc) is 3.05. The number of amides is 1.